The van der Waals surface area contributed by atoms with E-state index in [2.05, 4.69) is 20.8 Å². The molecular weight excluding hydrogens is 278 g/mol. The van der Waals surface area contributed by atoms with Crippen LogP contribution in [0.15, 0.2) is 4.34 Å². The second-order valence-corrected chi connectivity index (χ2v) is 7.04. The summed E-state index contributed by atoms with van der Waals surface area (Å²) in [6, 6.07) is -0.0527. The lowest BCUT2D eigenvalue weighted by atomic mass is 10.2. The van der Waals surface area contributed by atoms with Gasteiger partial charge in [0.25, 0.3) is 10.0 Å². The number of nitrogens with one attached hydrogen (secondary N) is 2. The number of likely N-dealkylation sites (N-methyl/N-ethyl adjacent to an activating group) is 1. The van der Waals surface area contributed by atoms with E-state index in [0.717, 1.165) is 11.3 Å². The van der Waals surface area contributed by atoms with Gasteiger partial charge in [0.15, 0.2) is 0 Å². The van der Waals surface area contributed by atoms with Crippen molar-refractivity contribution < 1.29 is 13.2 Å². The molecule has 8 nitrogen and oxygen atoms in total. The minimum absolute atomic E-state index is 0.0527. The summed E-state index contributed by atoms with van der Waals surface area (Å²) in [5.41, 5.74) is 0. The zero-order valence-corrected chi connectivity index (χ0v) is 11.5. The van der Waals surface area contributed by atoms with Crippen molar-refractivity contribution in [2.75, 3.05) is 25.5 Å². The first-order valence-electron chi connectivity index (χ1n) is 5.21. The van der Waals surface area contributed by atoms with Gasteiger partial charge < -0.3 is 10.6 Å². The number of rotatable bonds is 4. The van der Waals surface area contributed by atoms with Crippen LogP contribution in [0.4, 0.5) is 5.13 Å². The quantitative estimate of drug-likeness (QED) is 0.696. The van der Waals surface area contributed by atoms with Crippen LogP contribution in [0.25, 0.3) is 0 Å². The Morgan fingerprint density at radius 2 is 2.17 bits per heavy atom. The van der Waals surface area contributed by atoms with Gasteiger partial charge in [0.05, 0.1) is 0 Å². The van der Waals surface area contributed by atoms with Crippen LogP contribution >= 0.6 is 11.3 Å². The molecular formula is C8H13N5O3S2. The summed E-state index contributed by atoms with van der Waals surface area (Å²) in [5, 5.41) is 12.8. The molecule has 0 saturated carbocycles. The standard InChI is InChI=1S/C8H13N5O3S2/c1-5(14)10-7-11-12-8(17-7)18(15,16)13(2)6-3-9-4-6/h6,9H,3-4H2,1-2H3,(H,10,11,14). The molecule has 10 heteroatoms. The molecule has 1 fully saturated rings. The molecule has 1 aromatic rings. The molecule has 0 unspecified atom stereocenters. The number of hydrogen-bond donors (Lipinski definition) is 2. The highest BCUT2D eigenvalue weighted by atomic mass is 32.2. The van der Waals surface area contributed by atoms with Crippen LogP contribution in [0.1, 0.15) is 6.92 Å². The Morgan fingerprint density at radius 3 is 2.67 bits per heavy atom. The second-order valence-electron chi connectivity index (χ2n) is 3.89. The van der Waals surface area contributed by atoms with E-state index >= 15 is 0 Å². The summed E-state index contributed by atoms with van der Waals surface area (Å²) >= 11 is 0.844. The molecule has 0 radical (unpaired) electrons. The lowest BCUT2D eigenvalue weighted by molar-refractivity contribution is -0.114. The highest BCUT2D eigenvalue weighted by Crippen LogP contribution is 2.24. The van der Waals surface area contributed by atoms with E-state index in [1.807, 2.05) is 0 Å². The van der Waals surface area contributed by atoms with Crippen molar-refractivity contribution in [1.82, 2.24) is 19.8 Å². The van der Waals surface area contributed by atoms with Gasteiger partial charge in [0.1, 0.15) is 0 Å². The average molecular weight is 291 g/mol. The maximum absolute atomic E-state index is 12.2. The second kappa shape index (κ2) is 4.88. The Labute approximate surface area is 108 Å². The van der Waals surface area contributed by atoms with E-state index in [-0.39, 0.29) is 21.4 Å². The third-order valence-electron chi connectivity index (χ3n) is 2.56. The maximum atomic E-state index is 12.2. The first-order valence-corrected chi connectivity index (χ1v) is 7.47. The van der Waals surface area contributed by atoms with Crippen molar-refractivity contribution in [3.05, 3.63) is 0 Å². The Morgan fingerprint density at radius 1 is 1.50 bits per heavy atom. The number of amides is 1. The monoisotopic (exact) mass is 291 g/mol. The fraction of sp³-hybridized carbons (Fsp3) is 0.625. The van der Waals surface area contributed by atoms with Crippen LogP contribution in [0.5, 0.6) is 0 Å². The van der Waals surface area contributed by atoms with E-state index in [0.29, 0.717) is 13.1 Å². The van der Waals surface area contributed by atoms with E-state index in [9.17, 15) is 13.2 Å². The van der Waals surface area contributed by atoms with Gasteiger partial charge in [-0.3, -0.25) is 4.79 Å². The highest BCUT2D eigenvalue weighted by molar-refractivity contribution is 7.91. The van der Waals surface area contributed by atoms with Crippen LogP contribution in [-0.4, -0.2) is 55.0 Å². The molecule has 18 heavy (non-hydrogen) atoms. The SMILES string of the molecule is CC(=O)Nc1nnc(S(=O)(=O)N(C)C2CNC2)s1. The van der Waals surface area contributed by atoms with Crippen molar-refractivity contribution in [3.63, 3.8) is 0 Å². The molecule has 1 aliphatic rings. The fourth-order valence-electron chi connectivity index (χ4n) is 1.37. The predicted octanol–water partition coefficient (Wildman–Crippen LogP) is -0.911. The Kier molecular flexibility index (Phi) is 3.61. The molecule has 2 heterocycles. The van der Waals surface area contributed by atoms with Crippen molar-refractivity contribution >= 4 is 32.4 Å². The van der Waals surface area contributed by atoms with Crippen molar-refractivity contribution in [2.24, 2.45) is 0 Å². The molecule has 2 rings (SSSR count). The first kappa shape index (κ1) is 13.3. The average Bonchev–Trinajstić information content (AvgIpc) is 2.62. The molecule has 2 N–H and O–H groups in total. The van der Waals surface area contributed by atoms with Gasteiger partial charge in [-0.1, -0.05) is 11.3 Å². The highest BCUT2D eigenvalue weighted by Gasteiger charge is 2.34. The Balaban J connectivity index is 2.18. The Hall–Kier alpha value is -1.10. The van der Waals surface area contributed by atoms with Crippen LogP contribution in [-0.2, 0) is 14.8 Å². The van der Waals surface area contributed by atoms with Crippen LogP contribution in [0.2, 0.25) is 0 Å². The first-order chi connectivity index (χ1) is 8.41. The normalized spacial score (nSPS) is 16.6. The van der Waals surface area contributed by atoms with Gasteiger partial charge in [0.2, 0.25) is 15.4 Å². The van der Waals surface area contributed by atoms with Gasteiger partial charge in [-0.05, 0) is 0 Å². The lowest BCUT2D eigenvalue weighted by Crippen LogP contribution is -2.57. The zero-order valence-electron chi connectivity index (χ0n) is 9.87. The molecule has 1 amide bonds. The van der Waals surface area contributed by atoms with Crippen LogP contribution < -0.4 is 10.6 Å². The van der Waals surface area contributed by atoms with Gasteiger partial charge in [-0.25, -0.2) is 8.42 Å². The lowest BCUT2D eigenvalue weighted by Gasteiger charge is -2.33. The van der Waals surface area contributed by atoms with Gasteiger partial charge in [0, 0.05) is 33.1 Å². The summed E-state index contributed by atoms with van der Waals surface area (Å²) in [7, 11) is -2.11. The van der Waals surface area contributed by atoms with Crippen LogP contribution in [0, 0.1) is 0 Å². The van der Waals surface area contributed by atoms with Crippen molar-refractivity contribution in [2.45, 2.75) is 17.3 Å². The van der Waals surface area contributed by atoms with Gasteiger partial charge in [-0.2, -0.15) is 4.31 Å². The fourth-order valence-corrected chi connectivity index (χ4v) is 3.83. The molecule has 0 atom stereocenters. The molecule has 0 spiro atoms. The number of carbonyl (C=O) groups is 1. The zero-order chi connectivity index (χ0) is 13.3. The minimum atomic E-state index is -3.63. The molecule has 0 bridgehead atoms. The van der Waals surface area contributed by atoms with Gasteiger partial charge in [-0.15, -0.1) is 10.2 Å². The summed E-state index contributed by atoms with van der Waals surface area (Å²) in [6.07, 6.45) is 0. The smallest absolute Gasteiger partial charge is 0.272 e. The maximum Gasteiger partial charge on any atom is 0.272 e. The third-order valence-corrected chi connectivity index (χ3v) is 5.66. The largest absolute Gasteiger partial charge is 0.313 e. The minimum Gasteiger partial charge on any atom is -0.313 e. The summed E-state index contributed by atoms with van der Waals surface area (Å²) in [5.74, 6) is -0.313. The number of aromatic nitrogens is 2. The third kappa shape index (κ3) is 2.51. The predicted molar refractivity (Wildman–Crippen MR) is 65.8 cm³/mol. The van der Waals surface area contributed by atoms with Crippen molar-refractivity contribution in [3.8, 4) is 0 Å². The molecule has 0 aromatic carbocycles. The van der Waals surface area contributed by atoms with Crippen LogP contribution in [0.3, 0.4) is 0 Å². The summed E-state index contributed by atoms with van der Waals surface area (Å²) in [4.78, 5) is 10.8. The molecule has 1 aromatic heterocycles. The van der Waals surface area contributed by atoms with Crippen molar-refractivity contribution in [1.29, 1.82) is 0 Å². The number of carbonyl (C=O) groups excluding carboxylic acids is 1. The number of sulfonamides is 1. The topological polar surface area (TPSA) is 104 Å². The summed E-state index contributed by atoms with van der Waals surface area (Å²) < 4.78 is 25.5. The molecule has 100 valence electrons. The number of hydrogen-bond acceptors (Lipinski definition) is 7. The van der Waals surface area contributed by atoms with E-state index < -0.39 is 10.0 Å². The number of nitrogens with zero attached hydrogens (tertiary/aromatic N) is 3. The van der Waals surface area contributed by atoms with E-state index in [1.165, 1.54) is 18.3 Å². The summed E-state index contributed by atoms with van der Waals surface area (Å²) in [6.45, 7) is 2.59. The van der Waals surface area contributed by atoms with E-state index in [1.54, 1.807) is 0 Å². The molecule has 1 aliphatic heterocycles. The molecule has 1 saturated heterocycles. The van der Waals surface area contributed by atoms with Gasteiger partial charge >= 0.3 is 0 Å². The van der Waals surface area contributed by atoms with E-state index in [4.69, 9.17) is 0 Å². The Bertz CT molecular complexity index is 551. The molecule has 0 aliphatic carbocycles. The number of anilines is 1.